The van der Waals surface area contributed by atoms with Crippen LogP contribution in [0, 0.1) is 6.92 Å². The zero-order chi connectivity index (χ0) is 14.8. The highest BCUT2D eigenvalue weighted by Gasteiger charge is 2.24. The van der Waals surface area contributed by atoms with Crippen LogP contribution in [-0.2, 0) is 6.54 Å². The van der Waals surface area contributed by atoms with Crippen molar-refractivity contribution in [2.24, 2.45) is 0 Å². The van der Waals surface area contributed by atoms with Crippen molar-refractivity contribution in [1.29, 1.82) is 0 Å². The summed E-state index contributed by atoms with van der Waals surface area (Å²) in [5.74, 6) is 1.15. The van der Waals surface area contributed by atoms with Crippen molar-refractivity contribution in [2.45, 2.75) is 51.7 Å². The first-order valence-electron chi connectivity index (χ1n) is 8.32. The molecule has 2 fully saturated rings. The zero-order valence-electron chi connectivity index (χ0n) is 13.6. The Hall–Kier alpha value is -1.13. The SMILES string of the molecule is CCC1CN(c2ccc(CNC3CC3)c(C)n2)CCN1C. The van der Waals surface area contributed by atoms with E-state index in [1.807, 2.05) is 0 Å². The van der Waals surface area contributed by atoms with E-state index in [-0.39, 0.29) is 0 Å². The minimum atomic E-state index is 0.650. The minimum absolute atomic E-state index is 0.650. The summed E-state index contributed by atoms with van der Waals surface area (Å²) in [6.45, 7) is 8.68. The first-order chi connectivity index (χ1) is 10.2. The Morgan fingerprint density at radius 2 is 2.10 bits per heavy atom. The van der Waals surface area contributed by atoms with Crippen LogP contribution < -0.4 is 10.2 Å². The molecule has 1 aromatic heterocycles. The fourth-order valence-corrected chi connectivity index (χ4v) is 3.08. The highest BCUT2D eigenvalue weighted by atomic mass is 15.3. The molecular weight excluding hydrogens is 260 g/mol. The second-order valence-electron chi connectivity index (χ2n) is 6.56. The molecule has 1 aliphatic heterocycles. The maximum atomic E-state index is 4.86. The lowest BCUT2D eigenvalue weighted by molar-refractivity contribution is 0.213. The second-order valence-corrected chi connectivity index (χ2v) is 6.56. The molecule has 1 saturated carbocycles. The third kappa shape index (κ3) is 3.55. The Morgan fingerprint density at radius 1 is 1.29 bits per heavy atom. The van der Waals surface area contributed by atoms with Crippen molar-refractivity contribution < 1.29 is 0 Å². The second kappa shape index (κ2) is 6.32. The number of likely N-dealkylation sites (N-methyl/N-ethyl adjacent to an activating group) is 1. The summed E-state index contributed by atoms with van der Waals surface area (Å²) in [7, 11) is 2.23. The van der Waals surface area contributed by atoms with Gasteiger partial charge < -0.3 is 10.2 Å². The normalized spacial score (nSPS) is 23.6. The molecule has 4 nitrogen and oxygen atoms in total. The highest BCUT2D eigenvalue weighted by Crippen LogP contribution is 2.22. The van der Waals surface area contributed by atoms with Crippen LogP contribution in [0.15, 0.2) is 12.1 Å². The van der Waals surface area contributed by atoms with E-state index in [0.29, 0.717) is 6.04 Å². The Morgan fingerprint density at radius 3 is 2.76 bits per heavy atom. The lowest BCUT2D eigenvalue weighted by Crippen LogP contribution is -2.51. The van der Waals surface area contributed by atoms with Gasteiger partial charge in [-0.05, 0) is 44.9 Å². The number of aromatic nitrogens is 1. The van der Waals surface area contributed by atoms with Crippen molar-refractivity contribution in [3.8, 4) is 0 Å². The summed E-state index contributed by atoms with van der Waals surface area (Å²) < 4.78 is 0. The van der Waals surface area contributed by atoms with Crippen LogP contribution in [0.3, 0.4) is 0 Å². The summed E-state index contributed by atoms with van der Waals surface area (Å²) in [6, 6.07) is 5.87. The smallest absolute Gasteiger partial charge is 0.128 e. The van der Waals surface area contributed by atoms with E-state index in [0.717, 1.165) is 38.0 Å². The number of piperazine rings is 1. The van der Waals surface area contributed by atoms with Gasteiger partial charge in [0.05, 0.1) is 0 Å². The van der Waals surface area contributed by atoms with E-state index in [4.69, 9.17) is 4.98 Å². The molecule has 4 heteroatoms. The minimum Gasteiger partial charge on any atom is -0.354 e. The van der Waals surface area contributed by atoms with Gasteiger partial charge in [0.25, 0.3) is 0 Å². The Labute approximate surface area is 128 Å². The van der Waals surface area contributed by atoms with Gasteiger partial charge in [-0.3, -0.25) is 4.90 Å². The number of hydrogen-bond donors (Lipinski definition) is 1. The van der Waals surface area contributed by atoms with E-state index in [1.165, 1.54) is 30.5 Å². The van der Waals surface area contributed by atoms with Crippen LogP contribution >= 0.6 is 0 Å². The van der Waals surface area contributed by atoms with Gasteiger partial charge in [-0.25, -0.2) is 4.98 Å². The average Bonchev–Trinajstić information content (AvgIpc) is 3.31. The topological polar surface area (TPSA) is 31.4 Å². The molecule has 0 amide bonds. The number of rotatable bonds is 5. The molecule has 0 bridgehead atoms. The number of anilines is 1. The molecular formula is C17H28N4. The molecule has 3 rings (SSSR count). The predicted molar refractivity (Wildman–Crippen MR) is 87.8 cm³/mol. The number of hydrogen-bond acceptors (Lipinski definition) is 4. The summed E-state index contributed by atoms with van der Waals surface area (Å²) in [6.07, 6.45) is 3.88. The summed E-state index contributed by atoms with van der Waals surface area (Å²) in [5, 5.41) is 3.57. The highest BCUT2D eigenvalue weighted by molar-refractivity contribution is 5.42. The molecule has 1 unspecified atom stereocenters. The maximum Gasteiger partial charge on any atom is 0.128 e. The molecule has 1 saturated heterocycles. The number of pyridine rings is 1. The van der Waals surface area contributed by atoms with Gasteiger partial charge >= 0.3 is 0 Å². The summed E-state index contributed by atoms with van der Waals surface area (Å²) in [4.78, 5) is 9.77. The standard InChI is InChI=1S/C17H28N4/c1-4-16-12-21(10-9-20(16)3)17-8-5-14(13(2)19-17)11-18-15-6-7-15/h5,8,15-16,18H,4,6-7,9-12H2,1-3H3. The van der Waals surface area contributed by atoms with E-state index >= 15 is 0 Å². The molecule has 0 aromatic carbocycles. The summed E-state index contributed by atoms with van der Waals surface area (Å²) in [5.41, 5.74) is 2.51. The number of nitrogens with one attached hydrogen (secondary N) is 1. The van der Waals surface area contributed by atoms with Crippen molar-refractivity contribution in [3.63, 3.8) is 0 Å². The van der Waals surface area contributed by atoms with Crippen molar-refractivity contribution >= 4 is 5.82 Å². The molecule has 1 N–H and O–H groups in total. The number of aryl methyl sites for hydroxylation is 1. The fourth-order valence-electron chi connectivity index (χ4n) is 3.08. The average molecular weight is 288 g/mol. The van der Waals surface area contributed by atoms with Gasteiger partial charge in [0.1, 0.15) is 5.82 Å². The van der Waals surface area contributed by atoms with Crippen LogP contribution in [0.1, 0.15) is 37.4 Å². The van der Waals surface area contributed by atoms with E-state index in [2.05, 4.69) is 48.1 Å². The molecule has 1 aromatic rings. The van der Waals surface area contributed by atoms with Crippen molar-refractivity contribution in [3.05, 3.63) is 23.4 Å². The zero-order valence-corrected chi connectivity index (χ0v) is 13.6. The monoisotopic (exact) mass is 288 g/mol. The summed E-state index contributed by atoms with van der Waals surface area (Å²) >= 11 is 0. The van der Waals surface area contributed by atoms with E-state index in [9.17, 15) is 0 Å². The van der Waals surface area contributed by atoms with Gasteiger partial charge in [0, 0.05) is 44.0 Å². The van der Waals surface area contributed by atoms with Crippen LogP contribution in [0.2, 0.25) is 0 Å². The third-order valence-electron chi connectivity index (χ3n) is 4.91. The van der Waals surface area contributed by atoms with Crippen LogP contribution in [0.5, 0.6) is 0 Å². The van der Waals surface area contributed by atoms with E-state index in [1.54, 1.807) is 0 Å². The first kappa shape index (κ1) is 14.8. The van der Waals surface area contributed by atoms with Crippen LogP contribution in [0.4, 0.5) is 5.82 Å². The molecule has 0 spiro atoms. The van der Waals surface area contributed by atoms with E-state index < -0.39 is 0 Å². The van der Waals surface area contributed by atoms with Crippen LogP contribution in [0.25, 0.3) is 0 Å². The molecule has 21 heavy (non-hydrogen) atoms. The van der Waals surface area contributed by atoms with Gasteiger partial charge in [0.15, 0.2) is 0 Å². The van der Waals surface area contributed by atoms with Gasteiger partial charge in [-0.15, -0.1) is 0 Å². The molecule has 2 aliphatic rings. The molecule has 2 heterocycles. The Kier molecular flexibility index (Phi) is 4.45. The Bertz CT molecular complexity index is 484. The molecule has 116 valence electrons. The fraction of sp³-hybridized carbons (Fsp3) is 0.706. The maximum absolute atomic E-state index is 4.86. The molecule has 1 atom stereocenters. The van der Waals surface area contributed by atoms with Crippen LogP contribution in [-0.4, -0.2) is 48.6 Å². The quantitative estimate of drug-likeness (QED) is 0.900. The Balaban J connectivity index is 1.66. The predicted octanol–water partition coefficient (Wildman–Crippen LogP) is 2.17. The molecule has 1 aliphatic carbocycles. The molecule has 0 radical (unpaired) electrons. The lowest BCUT2D eigenvalue weighted by atomic mass is 10.1. The van der Waals surface area contributed by atoms with Crippen molar-refractivity contribution in [2.75, 3.05) is 31.6 Å². The largest absolute Gasteiger partial charge is 0.354 e. The van der Waals surface area contributed by atoms with Gasteiger partial charge in [-0.2, -0.15) is 0 Å². The first-order valence-corrected chi connectivity index (χ1v) is 8.32. The third-order valence-corrected chi connectivity index (χ3v) is 4.91. The lowest BCUT2D eigenvalue weighted by Gasteiger charge is -2.39. The van der Waals surface area contributed by atoms with Crippen molar-refractivity contribution in [1.82, 2.24) is 15.2 Å². The number of nitrogens with zero attached hydrogens (tertiary/aromatic N) is 3. The van der Waals surface area contributed by atoms with Gasteiger partial charge in [-0.1, -0.05) is 13.0 Å². The van der Waals surface area contributed by atoms with Gasteiger partial charge in [0.2, 0.25) is 0 Å².